The van der Waals surface area contributed by atoms with Gasteiger partial charge in [-0.3, -0.25) is 9.69 Å². The molecule has 2 aromatic heterocycles. The number of methoxy groups -OCH3 is 1. The largest absolute Gasteiger partial charge is 0.496 e. The number of carbonyl (C=O) groups excluding carboxylic acids is 1. The van der Waals surface area contributed by atoms with Crippen molar-refractivity contribution in [2.24, 2.45) is 0 Å². The van der Waals surface area contributed by atoms with E-state index in [1.807, 2.05) is 30.3 Å². The van der Waals surface area contributed by atoms with Gasteiger partial charge >= 0.3 is 0 Å². The summed E-state index contributed by atoms with van der Waals surface area (Å²) >= 11 is 0. The number of nitrogens with zero attached hydrogens (tertiary/aromatic N) is 6. The first kappa shape index (κ1) is 28.1. The molecular weight excluding hydrogens is 528 g/mol. The number of likely N-dealkylation sites (N-methyl/N-ethyl adjacent to an activating group) is 1. The number of anilines is 1. The summed E-state index contributed by atoms with van der Waals surface area (Å²) in [6.07, 6.45) is 6.65. The normalized spacial score (nSPS) is 20.0. The van der Waals surface area contributed by atoms with Gasteiger partial charge in [0.05, 0.1) is 24.1 Å². The molecule has 0 radical (unpaired) electrons. The number of nitrogens with two attached hydrogens (primary N) is 1. The van der Waals surface area contributed by atoms with Gasteiger partial charge in [0.1, 0.15) is 23.6 Å². The number of fused-ring (bicyclic) bond motifs is 1. The summed E-state index contributed by atoms with van der Waals surface area (Å²) in [5, 5.41) is 8.83. The number of amides is 1. The molecule has 4 aromatic rings. The molecule has 1 aliphatic carbocycles. The first-order valence-corrected chi connectivity index (χ1v) is 14.9. The summed E-state index contributed by atoms with van der Waals surface area (Å²) in [6, 6.07) is 16.5. The Hall–Kier alpha value is -4.02. The lowest BCUT2D eigenvalue weighted by molar-refractivity contribution is 0.0815. The molecule has 3 heterocycles. The van der Waals surface area contributed by atoms with Gasteiger partial charge in [-0.05, 0) is 56.8 Å². The van der Waals surface area contributed by atoms with Gasteiger partial charge in [0, 0.05) is 44.3 Å². The van der Waals surface area contributed by atoms with Crippen molar-refractivity contribution in [3.05, 3.63) is 66.0 Å². The predicted molar refractivity (Wildman–Crippen MR) is 165 cm³/mol. The van der Waals surface area contributed by atoms with Crippen LogP contribution in [0.2, 0.25) is 0 Å². The third kappa shape index (κ3) is 5.82. The summed E-state index contributed by atoms with van der Waals surface area (Å²) in [6.45, 7) is 5.11. The highest BCUT2D eigenvalue weighted by atomic mass is 16.5. The van der Waals surface area contributed by atoms with Gasteiger partial charge in [-0.1, -0.05) is 36.4 Å². The summed E-state index contributed by atoms with van der Waals surface area (Å²) in [4.78, 5) is 27.0. The molecule has 2 aromatic carbocycles. The smallest absolute Gasteiger partial charge is 0.255 e. The number of nitrogens with one attached hydrogen (secondary N) is 1. The number of ether oxygens (including phenoxy) is 1. The van der Waals surface area contributed by atoms with Crippen LogP contribution in [0.15, 0.2) is 54.9 Å². The Morgan fingerprint density at radius 2 is 1.74 bits per heavy atom. The lowest BCUT2D eigenvalue weighted by Crippen LogP contribution is -2.49. The van der Waals surface area contributed by atoms with Crippen LogP contribution >= 0.6 is 0 Å². The van der Waals surface area contributed by atoms with E-state index in [1.54, 1.807) is 13.2 Å². The summed E-state index contributed by atoms with van der Waals surface area (Å²) in [7, 11) is 3.78. The van der Waals surface area contributed by atoms with E-state index in [2.05, 4.69) is 48.9 Å². The summed E-state index contributed by atoms with van der Waals surface area (Å²) in [5.74, 6) is 0.703. The standard InChI is InChI=1S/C32H40N8O2/c1-38-16-18-39(19-17-38)24-9-11-25(12-10-24)40-31-28(30(33)35-21-36-31)29(37-40)23-8-13-26(27(20-23)42-2)32(41)34-15-14-22-6-4-3-5-7-22/h3-8,13,20-21,24-25H,9-12,14-19H2,1-2H3,(H,34,41)(H2,33,35,36)/t24-,25+. The molecule has 42 heavy (non-hydrogen) atoms. The number of rotatable bonds is 8. The molecule has 0 bridgehead atoms. The van der Waals surface area contributed by atoms with Gasteiger partial charge in [0.15, 0.2) is 5.65 Å². The molecule has 0 spiro atoms. The van der Waals surface area contributed by atoms with E-state index in [0.717, 1.165) is 74.9 Å². The molecule has 3 N–H and O–H groups in total. The number of carbonyl (C=O) groups is 1. The molecule has 1 saturated carbocycles. The third-order valence-electron chi connectivity index (χ3n) is 8.85. The Morgan fingerprint density at radius 3 is 2.48 bits per heavy atom. The Bertz CT molecular complexity index is 1520. The van der Waals surface area contributed by atoms with E-state index < -0.39 is 0 Å². The van der Waals surface area contributed by atoms with Crippen molar-refractivity contribution in [3.8, 4) is 17.0 Å². The molecule has 2 fully saturated rings. The van der Waals surface area contributed by atoms with Crippen LogP contribution in [0.5, 0.6) is 5.75 Å². The highest BCUT2D eigenvalue weighted by molar-refractivity contribution is 6.01. The minimum absolute atomic E-state index is 0.176. The molecule has 1 saturated heterocycles. The number of benzene rings is 2. The van der Waals surface area contributed by atoms with Crippen LogP contribution in [0.3, 0.4) is 0 Å². The molecular formula is C32H40N8O2. The van der Waals surface area contributed by atoms with Crippen LogP contribution in [0.25, 0.3) is 22.3 Å². The fourth-order valence-corrected chi connectivity index (χ4v) is 6.39. The van der Waals surface area contributed by atoms with E-state index in [0.29, 0.717) is 35.4 Å². The van der Waals surface area contributed by atoms with Crippen molar-refractivity contribution < 1.29 is 9.53 Å². The highest BCUT2D eigenvalue weighted by Crippen LogP contribution is 2.38. The van der Waals surface area contributed by atoms with E-state index in [-0.39, 0.29) is 11.9 Å². The van der Waals surface area contributed by atoms with Crippen molar-refractivity contribution in [1.82, 2.24) is 34.9 Å². The minimum Gasteiger partial charge on any atom is -0.496 e. The molecule has 0 unspecified atom stereocenters. The van der Waals surface area contributed by atoms with Crippen molar-refractivity contribution >= 4 is 22.8 Å². The number of hydrogen-bond acceptors (Lipinski definition) is 8. The maximum atomic E-state index is 13.0. The molecule has 1 amide bonds. The Morgan fingerprint density at radius 1 is 1.00 bits per heavy atom. The molecule has 6 rings (SSSR count). The number of nitrogen functional groups attached to an aromatic ring is 1. The van der Waals surface area contributed by atoms with Gasteiger partial charge in [-0.15, -0.1) is 0 Å². The van der Waals surface area contributed by atoms with Gasteiger partial charge in [0.25, 0.3) is 5.91 Å². The van der Waals surface area contributed by atoms with Crippen LogP contribution in [-0.2, 0) is 6.42 Å². The van der Waals surface area contributed by atoms with Gasteiger partial charge in [-0.2, -0.15) is 5.10 Å². The molecule has 0 atom stereocenters. The van der Waals surface area contributed by atoms with Gasteiger partial charge in [-0.25, -0.2) is 14.6 Å². The number of hydrogen-bond donors (Lipinski definition) is 2. The summed E-state index contributed by atoms with van der Waals surface area (Å²) < 4.78 is 7.72. The molecule has 220 valence electrons. The maximum absolute atomic E-state index is 13.0. The van der Waals surface area contributed by atoms with Crippen LogP contribution in [0.4, 0.5) is 5.82 Å². The van der Waals surface area contributed by atoms with Crippen LogP contribution in [-0.4, -0.2) is 88.4 Å². The average molecular weight is 569 g/mol. The van der Waals surface area contributed by atoms with E-state index >= 15 is 0 Å². The first-order chi connectivity index (χ1) is 20.5. The van der Waals surface area contributed by atoms with E-state index in [4.69, 9.17) is 15.6 Å². The average Bonchev–Trinajstić information content (AvgIpc) is 3.43. The second-order valence-electron chi connectivity index (χ2n) is 11.5. The molecule has 2 aliphatic rings. The fourth-order valence-electron chi connectivity index (χ4n) is 6.39. The zero-order chi connectivity index (χ0) is 29.1. The molecule has 10 heteroatoms. The quantitative estimate of drug-likeness (QED) is 0.330. The van der Waals surface area contributed by atoms with Gasteiger partial charge < -0.3 is 20.7 Å². The van der Waals surface area contributed by atoms with Crippen LogP contribution < -0.4 is 15.8 Å². The van der Waals surface area contributed by atoms with E-state index in [9.17, 15) is 4.79 Å². The number of piperazine rings is 1. The minimum atomic E-state index is -0.176. The molecule has 1 aliphatic heterocycles. The third-order valence-corrected chi connectivity index (χ3v) is 8.85. The zero-order valence-electron chi connectivity index (χ0n) is 24.5. The lowest BCUT2D eigenvalue weighted by atomic mass is 9.90. The van der Waals surface area contributed by atoms with Crippen LogP contribution in [0, 0.1) is 0 Å². The SMILES string of the molecule is COc1cc(-c2nn([C@H]3CC[C@@H](N4CCN(C)CC4)CC3)c3ncnc(N)c23)ccc1C(=O)NCCc1ccccc1. The zero-order valence-corrected chi connectivity index (χ0v) is 24.5. The molecule has 10 nitrogen and oxygen atoms in total. The summed E-state index contributed by atoms with van der Waals surface area (Å²) in [5.41, 5.74) is 10.3. The van der Waals surface area contributed by atoms with Crippen molar-refractivity contribution in [1.29, 1.82) is 0 Å². The second kappa shape index (κ2) is 12.5. The Labute approximate surface area is 246 Å². The lowest BCUT2D eigenvalue weighted by Gasteiger charge is -2.41. The fraction of sp³-hybridized carbons (Fsp3) is 0.438. The van der Waals surface area contributed by atoms with Crippen molar-refractivity contribution in [2.75, 3.05) is 52.6 Å². The predicted octanol–water partition coefficient (Wildman–Crippen LogP) is 3.79. The van der Waals surface area contributed by atoms with E-state index in [1.165, 1.54) is 11.9 Å². The number of aromatic nitrogens is 4. The topological polar surface area (TPSA) is 114 Å². The maximum Gasteiger partial charge on any atom is 0.255 e. The second-order valence-corrected chi connectivity index (χ2v) is 11.5. The van der Waals surface area contributed by atoms with Crippen LogP contribution in [0.1, 0.15) is 47.6 Å². The monoisotopic (exact) mass is 568 g/mol. The highest BCUT2D eigenvalue weighted by Gasteiger charge is 2.31. The van der Waals surface area contributed by atoms with Crippen molar-refractivity contribution in [2.45, 2.75) is 44.2 Å². The van der Waals surface area contributed by atoms with Gasteiger partial charge in [0.2, 0.25) is 0 Å². The van der Waals surface area contributed by atoms with Crippen molar-refractivity contribution in [3.63, 3.8) is 0 Å². The Balaban J connectivity index is 1.21. The first-order valence-electron chi connectivity index (χ1n) is 14.9. The Kier molecular flexibility index (Phi) is 8.34.